The number of hydrogen-bond acceptors (Lipinski definition) is 3. The molecule has 2 amide bonds. The Bertz CT molecular complexity index is 876. The molecule has 1 aliphatic heterocycles. The van der Waals surface area contributed by atoms with Crippen molar-refractivity contribution in [3.05, 3.63) is 65.2 Å². The van der Waals surface area contributed by atoms with Crippen LogP contribution in [-0.4, -0.2) is 43.5 Å². The van der Waals surface area contributed by atoms with Crippen molar-refractivity contribution in [2.45, 2.75) is 33.1 Å². The Morgan fingerprint density at radius 3 is 2.53 bits per heavy atom. The number of hydrogen-bond donors (Lipinski definition) is 1. The average molecular weight is 409 g/mol. The predicted molar refractivity (Wildman–Crippen MR) is 119 cm³/mol. The molecular weight excluding hydrogens is 376 g/mol. The van der Waals surface area contributed by atoms with E-state index < -0.39 is 0 Å². The first-order valence-corrected chi connectivity index (χ1v) is 10.7. The van der Waals surface area contributed by atoms with Crippen molar-refractivity contribution < 1.29 is 14.3 Å². The topological polar surface area (TPSA) is 58.6 Å². The Balaban J connectivity index is 1.80. The van der Waals surface area contributed by atoms with Crippen LogP contribution in [0, 0.1) is 18.8 Å². The molecule has 3 rings (SSSR count). The van der Waals surface area contributed by atoms with Gasteiger partial charge in [0.1, 0.15) is 5.75 Å². The van der Waals surface area contributed by atoms with Gasteiger partial charge in [-0.05, 0) is 43.0 Å². The fourth-order valence-corrected chi connectivity index (χ4v) is 3.94. The number of carbonyl (C=O) groups excluding carboxylic acids is 2. The number of aryl methyl sites for hydroxylation is 1. The molecule has 5 nitrogen and oxygen atoms in total. The minimum absolute atomic E-state index is 0.0146. The van der Waals surface area contributed by atoms with Gasteiger partial charge >= 0.3 is 0 Å². The van der Waals surface area contributed by atoms with Crippen molar-refractivity contribution in [1.29, 1.82) is 0 Å². The zero-order valence-electron chi connectivity index (χ0n) is 18.4. The molecule has 0 bridgehead atoms. The zero-order chi connectivity index (χ0) is 21.7. The highest BCUT2D eigenvalue weighted by molar-refractivity contribution is 5.95. The SMILES string of the molecule is COc1cccc(C(=O)N2CC(C(=O)NCCC(C)C)C(c3ccc(C)cc3)C2)c1. The summed E-state index contributed by atoms with van der Waals surface area (Å²) in [5.41, 5.74) is 2.86. The third-order valence-corrected chi connectivity index (χ3v) is 5.79. The third kappa shape index (κ3) is 5.21. The summed E-state index contributed by atoms with van der Waals surface area (Å²) in [6.45, 7) is 7.95. The monoisotopic (exact) mass is 408 g/mol. The summed E-state index contributed by atoms with van der Waals surface area (Å²) in [4.78, 5) is 28.0. The van der Waals surface area contributed by atoms with E-state index in [0.29, 0.717) is 36.9 Å². The first kappa shape index (κ1) is 21.9. The summed E-state index contributed by atoms with van der Waals surface area (Å²) in [5.74, 6) is 0.880. The van der Waals surface area contributed by atoms with Gasteiger partial charge in [-0.15, -0.1) is 0 Å². The Morgan fingerprint density at radius 2 is 1.87 bits per heavy atom. The second-order valence-electron chi connectivity index (χ2n) is 8.54. The molecule has 1 fully saturated rings. The third-order valence-electron chi connectivity index (χ3n) is 5.79. The van der Waals surface area contributed by atoms with Crippen LogP contribution in [0.4, 0.5) is 0 Å². The number of carbonyl (C=O) groups is 2. The van der Waals surface area contributed by atoms with Crippen LogP contribution in [-0.2, 0) is 4.79 Å². The number of ether oxygens (including phenoxy) is 1. The van der Waals surface area contributed by atoms with Crippen LogP contribution in [0.15, 0.2) is 48.5 Å². The van der Waals surface area contributed by atoms with E-state index in [4.69, 9.17) is 4.74 Å². The fourth-order valence-electron chi connectivity index (χ4n) is 3.94. The van der Waals surface area contributed by atoms with Gasteiger partial charge in [0.25, 0.3) is 5.91 Å². The van der Waals surface area contributed by atoms with E-state index >= 15 is 0 Å². The number of benzene rings is 2. The second-order valence-corrected chi connectivity index (χ2v) is 8.54. The molecule has 0 radical (unpaired) electrons. The highest BCUT2D eigenvalue weighted by Gasteiger charge is 2.40. The van der Waals surface area contributed by atoms with E-state index in [-0.39, 0.29) is 23.7 Å². The molecule has 0 spiro atoms. The maximum atomic E-state index is 13.2. The van der Waals surface area contributed by atoms with E-state index in [0.717, 1.165) is 12.0 Å². The number of amides is 2. The first-order valence-electron chi connectivity index (χ1n) is 10.7. The van der Waals surface area contributed by atoms with Crippen LogP contribution in [0.25, 0.3) is 0 Å². The van der Waals surface area contributed by atoms with Crippen molar-refractivity contribution in [2.24, 2.45) is 11.8 Å². The van der Waals surface area contributed by atoms with Crippen molar-refractivity contribution in [2.75, 3.05) is 26.7 Å². The van der Waals surface area contributed by atoms with E-state index in [1.165, 1.54) is 5.56 Å². The fraction of sp³-hybridized carbons (Fsp3) is 0.440. The van der Waals surface area contributed by atoms with Gasteiger partial charge < -0.3 is 15.0 Å². The van der Waals surface area contributed by atoms with Crippen molar-refractivity contribution in [1.82, 2.24) is 10.2 Å². The summed E-state index contributed by atoms with van der Waals surface area (Å²) < 4.78 is 5.26. The van der Waals surface area contributed by atoms with Crippen LogP contribution in [0.2, 0.25) is 0 Å². The van der Waals surface area contributed by atoms with Gasteiger partial charge in [-0.2, -0.15) is 0 Å². The Labute approximate surface area is 179 Å². The van der Waals surface area contributed by atoms with Crippen molar-refractivity contribution in [3.63, 3.8) is 0 Å². The van der Waals surface area contributed by atoms with E-state index in [1.807, 2.05) is 19.1 Å². The molecule has 1 saturated heterocycles. The molecule has 2 unspecified atom stereocenters. The highest BCUT2D eigenvalue weighted by atomic mass is 16.5. The van der Waals surface area contributed by atoms with Crippen LogP contribution in [0.1, 0.15) is 47.7 Å². The molecule has 1 aliphatic rings. The van der Waals surface area contributed by atoms with Crippen LogP contribution < -0.4 is 10.1 Å². The number of nitrogens with zero attached hydrogens (tertiary/aromatic N) is 1. The highest BCUT2D eigenvalue weighted by Crippen LogP contribution is 2.34. The molecule has 5 heteroatoms. The number of nitrogens with one attached hydrogen (secondary N) is 1. The normalized spacial score (nSPS) is 18.5. The lowest BCUT2D eigenvalue weighted by Gasteiger charge is -2.18. The van der Waals surface area contributed by atoms with Gasteiger partial charge in [-0.25, -0.2) is 0 Å². The summed E-state index contributed by atoms with van der Waals surface area (Å²) in [7, 11) is 1.59. The lowest BCUT2D eigenvalue weighted by atomic mass is 9.88. The van der Waals surface area contributed by atoms with Gasteiger partial charge in [0, 0.05) is 31.1 Å². The molecule has 1 N–H and O–H groups in total. The minimum atomic E-state index is -0.255. The molecule has 160 valence electrons. The van der Waals surface area contributed by atoms with Gasteiger partial charge in [0.2, 0.25) is 5.91 Å². The standard InChI is InChI=1S/C25H32N2O3/c1-17(2)12-13-26-24(28)23-16-27(15-22(23)19-10-8-18(3)9-11-19)25(29)20-6-5-7-21(14-20)30-4/h5-11,14,17,22-23H,12-13,15-16H2,1-4H3,(H,26,28). The molecule has 2 aromatic rings. The minimum Gasteiger partial charge on any atom is -0.497 e. The van der Waals surface area contributed by atoms with E-state index in [9.17, 15) is 9.59 Å². The molecule has 30 heavy (non-hydrogen) atoms. The molecule has 0 aromatic heterocycles. The molecular formula is C25H32N2O3. The quantitative estimate of drug-likeness (QED) is 0.753. The van der Waals surface area contributed by atoms with Gasteiger partial charge in [-0.3, -0.25) is 9.59 Å². The maximum absolute atomic E-state index is 13.2. The lowest BCUT2D eigenvalue weighted by Crippen LogP contribution is -2.36. The van der Waals surface area contributed by atoms with Crippen LogP contribution in [0.3, 0.4) is 0 Å². The Hall–Kier alpha value is -2.82. The van der Waals surface area contributed by atoms with Crippen molar-refractivity contribution >= 4 is 11.8 Å². The molecule has 2 aromatic carbocycles. The largest absolute Gasteiger partial charge is 0.497 e. The number of methoxy groups -OCH3 is 1. The van der Waals surface area contributed by atoms with Gasteiger partial charge in [0.15, 0.2) is 0 Å². The Morgan fingerprint density at radius 1 is 1.13 bits per heavy atom. The van der Waals surface area contributed by atoms with E-state index in [2.05, 4.69) is 43.4 Å². The second kappa shape index (κ2) is 9.79. The van der Waals surface area contributed by atoms with Crippen LogP contribution >= 0.6 is 0 Å². The Kier molecular flexibility index (Phi) is 7.14. The number of likely N-dealkylation sites (tertiary alicyclic amines) is 1. The summed E-state index contributed by atoms with van der Waals surface area (Å²) in [6.07, 6.45) is 0.945. The van der Waals surface area contributed by atoms with Gasteiger partial charge in [0.05, 0.1) is 13.0 Å². The summed E-state index contributed by atoms with van der Waals surface area (Å²) >= 11 is 0. The van der Waals surface area contributed by atoms with Gasteiger partial charge in [-0.1, -0.05) is 49.7 Å². The van der Waals surface area contributed by atoms with E-state index in [1.54, 1.807) is 24.1 Å². The smallest absolute Gasteiger partial charge is 0.254 e. The first-order chi connectivity index (χ1) is 14.4. The predicted octanol–water partition coefficient (Wildman–Crippen LogP) is 4.02. The lowest BCUT2D eigenvalue weighted by molar-refractivity contribution is -0.124. The molecule has 0 saturated carbocycles. The summed E-state index contributed by atoms with van der Waals surface area (Å²) in [6, 6.07) is 15.5. The summed E-state index contributed by atoms with van der Waals surface area (Å²) in [5, 5.41) is 3.09. The molecule has 0 aliphatic carbocycles. The molecule has 2 atom stereocenters. The number of rotatable bonds is 7. The average Bonchev–Trinajstić information content (AvgIpc) is 3.19. The van der Waals surface area contributed by atoms with Crippen molar-refractivity contribution in [3.8, 4) is 5.75 Å². The van der Waals surface area contributed by atoms with Crippen LogP contribution in [0.5, 0.6) is 5.75 Å². The maximum Gasteiger partial charge on any atom is 0.254 e. The zero-order valence-corrected chi connectivity index (χ0v) is 18.4. The molecule has 1 heterocycles.